The smallest absolute Gasteiger partial charge is 0.207 e. The SMILES string of the molecule is Cc1cccc(S(=O)(=O)NCc2ccc(Br)cc2)c1. The molecule has 0 atom stereocenters. The second-order valence-corrected chi connectivity index (χ2v) is 6.95. The Bertz CT molecular complexity index is 666. The lowest BCUT2D eigenvalue weighted by atomic mass is 10.2. The lowest BCUT2D eigenvalue weighted by Gasteiger charge is -2.07. The highest BCUT2D eigenvalue weighted by Crippen LogP contribution is 2.13. The zero-order valence-electron chi connectivity index (χ0n) is 10.4. The van der Waals surface area contributed by atoms with Gasteiger partial charge in [0.05, 0.1) is 4.90 Å². The van der Waals surface area contributed by atoms with E-state index in [9.17, 15) is 8.42 Å². The highest BCUT2D eigenvalue weighted by Gasteiger charge is 2.13. The summed E-state index contributed by atoms with van der Waals surface area (Å²) < 4.78 is 27.8. The Hall–Kier alpha value is -1.17. The molecule has 5 heteroatoms. The second-order valence-electron chi connectivity index (χ2n) is 4.27. The molecule has 0 aliphatic heterocycles. The van der Waals surface area contributed by atoms with Crippen LogP contribution in [-0.2, 0) is 16.6 Å². The molecule has 0 aliphatic rings. The summed E-state index contributed by atoms with van der Waals surface area (Å²) in [5.74, 6) is 0. The van der Waals surface area contributed by atoms with E-state index >= 15 is 0 Å². The minimum Gasteiger partial charge on any atom is -0.207 e. The Kier molecular flexibility index (Phi) is 4.39. The molecule has 0 bridgehead atoms. The first-order valence-electron chi connectivity index (χ1n) is 5.78. The van der Waals surface area contributed by atoms with Crippen LogP contribution < -0.4 is 4.72 Å². The standard InChI is InChI=1S/C14H14BrNO2S/c1-11-3-2-4-14(9-11)19(17,18)16-10-12-5-7-13(15)8-6-12/h2-9,16H,10H2,1H3. The first-order chi connectivity index (χ1) is 8.97. The molecule has 0 fully saturated rings. The Morgan fingerprint density at radius 2 is 1.79 bits per heavy atom. The fourth-order valence-electron chi connectivity index (χ4n) is 1.65. The molecule has 0 amide bonds. The van der Waals surface area contributed by atoms with E-state index in [0.717, 1.165) is 15.6 Å². The number of aryl methyl sites for hydroxylation is 1. The van der Waals surface area contributed by atoms with Gasteiger partial charge < -0.3 is 0 Å². The van der Waals surface area contributed by atoms with Gasteiger partial charge >= 0.3 is 0 Å². The van der Waals surface area contributed by atoms with Crippen LogP contribution in [-0.4, -0.2) is 8.42 Å². The molecule has 0 aliphatic carbocycles. The van der Waals surface area contributed by atoms with Crippen molar-refractivity contribution in [2.24, 2.45) is 0 Å². The molecular formula is C14H14BrNO2S. The Morgan fingerprint density at radius 1 is 1.11 bits per heavy atom. The third-order valence-electron chi connectivity index (χ3n) is 2.68. The Labute approximate surface area is 121 Å². The normalized spacial score (nSPS) is 11.5. The summed E-state index contributed by atoms with van der Waals surface area (Å²) in [7, 11) is -3.45. The summed E-state index contributed by atoms with van der Waals surface area (Å²) in [5.41, 5.74) is 1.84. The summed E-state index contributed by atoms with van der Waals surface area (Å²) >= 11 is 3.34. The summed E-state index contributed by atoms with van der Waals surface area (Å²) in [6, 6.07) is 14.4. The van der Waals surface area contributed by atoms with E-state index in [1.807, 2.05) is 37.3 Å². The average molecular weight is 340 g/mol. The third-order valence-corrected chi connectivity index (χ3v) is 4.61. The predicted octanol–water partition coefficient (Wildman–Crippen LogP) is 3.24. The highest BCUT2D eigenvalue weighted by atomic mass is 79.9. The van der Waals surface area contributed by atoms with Crippen LogP contribution >= 0.6 is 15.9 Å². The van der Waals surface area contributed by atoms with E-state index in [-0.39, 0.29) is 6.54 Å². The first-order valence-corrected chi connectivity index (χ1v) is 8.06. The largest absolute Gasteiger partial charge is 0.240 e. The van der Waals surface area contributed by atoms with Crippen molar-refractivity contribution in [3.63, 3.8) is 0 Å². The molecule has 0 saturated heterocycles. The van der Waals surface area contributed by atoms with E-state index in [0.29, 0.717) is 4.90 Å². The van der Waals surface area contributed by atoms with Gasteiger partial charge in [-0.15, -0.1) is 0 Å². The van der Waals surface area contributed by atoms with Crippen molar-refractivity contribution in [3.05, 3.63) is 64.1 Å². The van der Waals surface area contributed by atoms with Gasteiger partial charge in [0.2, 0.25) is 10.0 Å². The van der Waals surface area contributed by atoms with Crippen LogP contribution in [0.15, 0.2) is 57.9 Å². The van der Waals surface area contributed by atoms with E-state index in [2.05, 4.69) is 20.7 Å². The van der Waals surface area contributed by atoms with E-state index in [1.54, 1.807) is 18.2 Å². The Morgan fingerprint density at radius 3 is 2.42 bits per heavy atom. The number of hydrogen-bond acceptors (Lipinski definition) is 2. The van der Waals surface area contributed by atoms with Gasteiger partial charge in [0, 0.05) is 11.0 Å². The predicted molar refractivity (Wildman–Crippen MR) is 79.3 cm³/mol. The number of nitrogens with one attached hydrogen (secondary N) is 1. The van der Waals surface area contributed by atoms with Crippen molar-refractivity contribution >= 4 is 26.0 Å². The van der Waals surface area contributed by atoms with Crippen LogP contribution in [0.1, 0.15) is 11.1 Å². The van der Waals surface area contributed by atoms with Gasteiger partial charge in [-0.25, -0.2) is 13.1 Å². The summed E-state index contributed by atoms with van der Waals surface area (Å²) in [5, 5.41) is 0. The molecule has 0 heterocycles. The van der Waals surface area contributed by atoms with Crippen LogP contribution in [0.3, 0.4) is 0 Å². The van der Waals surface area contributed by atoms with E-state index in [1.165, 1.54) is 0 Å². The minimum atomic E-state index is -3.45. The van der Waals surface area contributed by atoms with Crippen molar-refractivity contribution in [2.75, 3.05) is 0 Å². The lowest BCUT2D eigenvalue weighted by molar-refractivity contribution is 0.581. The van der Waals surface area contributed by atoms with E-state index in [4.69, 9.17) is 0 Å². The highest BCUT2D eigenvalue weighted by molar-refractivity contribution is 9.10. The summed E-state index contributed by atoms with van der Waals surface area (Å²) in [6.07, 6.45) is 0. The maximum atomic E-state index is 12.1. The number of hydrogen-bond donors (Lipinski definition) is 1. The van der Waals surface area contributed by atoms with Gasteiger partial charge in [0.25, 0.3) is 0 Å². The molecule has 2 aromatic rings. The average Bonchev–Trinajstić information content (AvgIpc) is 2.38. The van der Waals surface area contributed by atoms with Gasteiger partial charge in [-0.2, -0.15) is 0 Å². The third kappa shape index (κ3) is 3.89. The molecule has 0 aromatic heterocycles. The van der Waals surface area contributed by atoms with Gasteiger partial charge in [0.1, 0.15) is 0 Å². The molecule has 100 valence electrons. The number of halogens is 1. The van der Waals surface area contributed by atoms with Crippen LogP contribution in [0.25, 0.3) is 0 Å². The van der Waals surface area contributed by atoms with Crippen molar-refractivity contribution < 1.29 is 8.42 Å². The van der Waals surface area contributed by atoms with Crippen LogP contribution in [0.4, 0.5) is 0 Å². The number of rotatable bonds is 4. The van der Waals surface area contributed by atoms with Gasteiger partial charge in [0.15, 0.2) is 0 Å². The zero-order chi connectivity index (χ0) is 13.9. The van der Waals surface area contributed by atoms with Crippen LogP contribution in [0.5, 0.6) is 0 Å². The summed E-state index contributed by atoms with van der Waals surface area (Å²) in [6.45, 7) is 2.15. The molecule has 0 radical (unpaired) electrons. The number of benzene rings is 2. The molecule has 3 nitrogen and oxygen atoms in total. The fraction of sp³-hybridized carbons (Fsp3) is 0.143. The maximum Gasteiger partial charge on any atom is 0.240 e. The first kappa shape index (κ1) is 14.2. The van der Waals surface area contributed by atoms with Crippen molar-refractivity contribution in [3.8, 4) is 0 Å². The molecule has 0 unspecified atom stereocenters. The van der Waals surface area contributed by atoms with E-state index < -0.39 is 10.0 Å². The molecule has 1 N–H and O–H groups in total. The zero-order valence-corrected chi connectivity index (χ0v) is 12.8. The van der Waals surface area contributed by atoms with Gasteiger partial charge in [-0.1, -0.05) is 40.2 Å². The monoisotopic (exact) mass is 339 g/mol. The number of sulfonamides is 1. The minimum absolute atomic E-state index is 0.281. The fourth-order valence-corrected chi connectivity index (χ4v) is 3.03. The topological polar surface area (TPSA) is 46.2 Å². The molecular weight excluding hydrogens is 326 g/mol. The van der Waals surface area contributed by atoms with Crippen LogP contribution in [0.2, 0.25) is 0 Å². The van der Waals surface area contributed by atoms with Crippen molar-refractivity contribution in [1.82, 2.24) is 4.72 Å². The van der Waals surface area contributed by atoms with Gasteiger partial charge in [-0.3, -0.25) is 0 Å². The Balaban J connectivity index is 2.12. The molecule has 2 rings (SSSR count). The quantitative estimate of drug-likeness (QED) is 0.929. The maximum absolute atomic E-state index is 12.1. The molecule has 2 aromatic carbocycles. The molecule has 0 saturated carbocycles. The van der Waals surface area contributed by atoms with Gasteiger partial charge in [-0.05, 0) is 42.3 Å². The second kappa shape index (κ2) is 5.86. The summed E-state index contributed by atoms with van der Waals surface area (Å²) in [4.78, 5) is 0.296. The molecule has 19 heavy (non-hydrogen) atoms. The van der Waals surface area contributed by atoms with Crippen LogP contribution in [0, 0.1) is 6.92 Å². The lowest BCUT2D eigenvalue weighted by Crippen LogP contribution is -2.23. The molecule has 0 spiro atoms. The van der Waals surface area contributed by atoms with Crippen molar-refractivity contribution in [2.45, 2.75) is 18.4 Å². The van der Waals surface area contributed by atoms with Crippen molar-refractivity contribution in [1.29, 1.82) is 0 Å².